The Morgan fingerprint density at radius 3 is 2.96 bits per heavy atom. The number of ether oxygens (including phenoxy) is 1. The van der Waals surface area contributed by atoms with Crippen molar-refractivity contribution < 1.29 is 14.3 Å². The van der Waals surface area contributed by atoms with E-state index in [0.29, 0.717) is 25.4 Å². The summed E-state index contributed by atoms with van der Waals surface area (Å²) in [6.07, 6.45) is 3.21. The number of piperidine rings is 1. The van der Waals surface area contributed by atoms with Gasteiger partial charge in [-0.25, -0.2) is 4.79 Å². The Morgan fingerprint density at radius 2 is 2.21 bits per heavy atom. The smallest absolute Gasteiger partial charge is 0.321 e. The van der Waals surface area contributed by atoms with Gasteiger partial charge in [-0.1, -0.05) is 12.1 Å². The summed E-state index contributed by atoms with van der Waals surface area (Å²) in [5.41, 5.74) is 1.80. The van der Waals surface area contributed by atoms with Gasteiger partial charge in [-0.2, -0.15) is 0 Å². The van der Waals surface area contributed by atoms with Crippen LogP contribution in [-0.2, 0) is 16.0 Å². The number of amides is 3. The number of hydrogen-bond donors (Lipinski definition) is 2. The number of aryl methyl sites for hydroxylation is 1. The number of urea groups is 1. The molecule has 1 aromatic rings. The molecule has 1 aliphatic heterocycles. The van der Waals surface area contributed by atoms with E-state index in [9.17, 15) is 9.59 Å². The highest BCUT2D eigenvalue weighted by Crippen LogP contribution is 2.19. The number of anilines is 1. The second-order valence-corrected chi connectivity index (χ2v) is 6.21. The molecule has 1 heterocycles. The van der Waals surface area contributed by atoms with Crippen molar-refractivity contribution in [2.45, 2.75) is 25.7 Å². The van der Waals surface area contributed by atoms with Gasteiger partial charge >= 0.3 is 6.03 Å². The molecule has 1 aliphatic rings. The third-order valence-electron chi connectivity index (χ3n) is 4.31. The van der Waals surface area contributed by atoms with Gasteiger partial charge in [-0.3, -0.25) is 4.79 Å². The molecule has 0 aromatic heterocycles. The maximum atomic E-state index is 12.5. The summed E-state index contributed by atoms with van der Waals surface area (Å²) in [6.45, 7) is 2.21. The fourth-order valence-corrected chi connectivity index (χ4v) is 3.01. The Bertz CT molecular complexity index is 560. The average Bonchev–Trinajstić information content (AvgIpc) is 2.60. The van der Waals surface area contributed by atoms with Gasteiger partial charge in [0.2, 0.25) is 5.91 Å². The first-order chi connectivity index (χ1) is 11.6. The fraction of sp³-hybridized carbons (Fsp3) is 0.556. The molecule has 1 aromatic carbocycles. The molecule has 24 heavy (non-hydrogen) atoms. The van der Waals surface area contributed by atoms with Crippen LogP contribution >= 0.6 is 0 Å². The van der Waals surface area contributed by atoms with Crippen LogP contribution in [0.4, 0.5) is 10.5 Å². The lowest BCUT2D eigenvalue weighted by atomic mass is 9.99. The number of hydrogen-bond acceptors (Lipinski definition) is 3. The molecule has 1 saturated heterocycles. The zero-order valence-electron chi connectivity index (χ0n) is 14.5. The summed E-state index contributed by atoms with van der Waals surface area (Å²) in [6, 6.07) is 7.60. The Labute approximate surface area is 143 Å². The summed E-state index contributed by atoms with van der Waals surface area (Å²) in [5.74, 6) is 0.426. The second kappa shape index (κ2) is 9.27. The van der Waals surface area contributed by atoms with E-state index in [1.807, 2.05) is 29.2 Å². The first-order valence-electron chi connectivity index (χ1n) is 8.46. The normalized spacial score (nSPS) is 17.4. The molecule has 2 N–H and O–H groups in total. The summed E-state index contributed by atoms with van der Waals surface area (Å²) < 4.78 is 5.21. The van der Waals surface area contributed by atoms with Crippen LogP contribution in [0.3, 0.4) is 0 Å². The second-order valence-electron chi connectivity index (χ2n) is 6.21. The monoisotopic (exact) mass is 333 g/mol. The number of carbonyl (C=O) groups is 2. The van der Waals surface area contributed by atoms with Crippen LogP contribution in [0.5, 0.6) is 0 Å². The fourth-order valence-electron chi connectivity index (χ4n) is 3.01. The Balaban J connectivity index is 1.90. The first-order valence-corrected chi connectivity index (χ1v) is 8.46. The molecule has 1 fully saturated rings. The van der Waals surface area contributed by atoms with Gasteiger partial charge in [0.25, 0.3) is 0 Å². The van der Waals surface area contributed by atoms with Crippen LogP contribution < -0.4 is 10.6 Å². The summed E-state index contributed by atoms with van der Waals surface area (Å²) in [5, 5.41) is 5.58. The summed E-state index contributed by atoms with van der Waals surface area (Å²) >= 11 is 0. The largest absolute Gasteiger partial charge is 0.384 e. The minimum absolute atomic E-state index is 0.0157. The number of methoxy groups -OCH3 is 1. The summed E-state index contributed by atoms with van der Waals surface area (Å²) in [7, 11) is 3.33. The van der Waals surface area contributed by atoms with Crippen molar-refractivity contribution in [2.75, 3.05) is 39.2 Å². The van der Waals surface area contributed by atoms with Crippen molar-refractivity contribution in [3.05, 3.63) is 29.8 Å². The van der Waals surface area contributed by atoms with Gasteiger partial charge < -0.3 is 20.3 Å². The molecule has 0 radical (unpaired) electrons. The predicted molar refractivity (Wildman–Crippen MR) is 94.0 cm³/mol. The first kappa shape index (κ1) is 18.3. The van der Waals surface area contributed by atoms with Crippen LogP contribution in [0.2, 0.25) is 0 Å². The van der Waals surface area contributed by atoms with Crippen molar-refractivity contribution >= 4 is 17.6 Å². The van der Waals surface area contributed by atoms with E-state index in [2.05, 4.69) is 10.6 Å². The molecule has 0 aliphatic carbocycles. The standard InChI is InChI=1S/C18H27N3O3/c1-19-17(22)9-8-14-5-3-7-16(11-14)20-18(23)21-10-4-6-15(12-21)13-24-2/h3,5,7,11,15H,4,6,8-10,12-13H2,1-2H3,(H,19,22)(H,20,23). The van der Waals surface area contributed by atoms with E-state index in [4.69, 9.17) is 4.74 Å². The van der Waals surface area contributed by atoms with Gasteiger partial charge in [-0.15, -0.1) is 0 Å². The number of likely N-dealkylation sites (tertiary alicyclic amines) is 1. The molecule has 3 amide bonds. The maximum Gasteiger partial charge on any atom is 0.321 e. The Kier molecular flexibility index (Phi) is 7.06. The van der Waals surface area contributed by atoms with Crippen molar-refractivity contribution in [1.82, 2.24) is 10.2 Å². The SMILES string of the molecule is CNC(=O)CCc1cccc(NC(=O)N2CCCC(COC)C2)c1. The number of nitrogens with one attached hydrogen (secondary N) is 2. The molecular formula is C18H27N3O3. The summed E-state index contributed by atoms with van der Waals surface area (Å²) in [4.78, 5) is 25.6. The van der Waals surface area contributed by atoms with E-state index in [-0.39, 0.29) is 11.9 Å². The molecule has 2 rings (SSSR count). The highest BCUT2D eigenvalue weighted by atomic mass is 16.5. The zero-order chi connectivity index (χ0) is 17.4. The maximum absolute atomic E-state index is 12.5. The number of benzene rings is 1. The average molecular weight is 333 g/mol. The Hall–Kier alpha value is -2.08. The highest BCUT2D eigenvalue weighted by molar-refractivity contribution is 5.89. The van der Waals surface area contributed by atoms with Crippen LogP contribution in [0.1, 0.15) is 24.8 Å². The van der Waals surface area contributed by atoms with Crippen LogP contribution in [0.15, 0.2) is 24.3 Å². The van der Waals surface area contributed by atoms with Gasteiger partial charge in [0.05, 0.1) is 6.61 Å². The quantitative estimate of drug-likeness (QED) is 0.839. The molecule has 0 spiro atoms. The zero-order valence-corrected chi connectivity index (χ0v) is 14.5. The highest BCUT2D eigenvalue weighted by Gasteiger charge is 2.23. The lowest BCUT2D eigenvalue weighted by molar-refractivity contribution is -0.120. The molecular weight excluding hydrogens is 306 g/mol. The Morgan fingerprint density at radius 1 is 1.38 bits per heavy atom. The minimum Gasteiger partial charge on any atom is -0.384 e. The lowest BCUT2D eigenvalue weighted by Crippen LogP contribution is -2.43. The molecule has 132 valence electrons. The predicted octanol–water partition coefficient (Wildman–Crippen LogP) is 2.26. The van der Waals surface area contributed by atoms with E-state index >= 15 is 0 Å². The van der Waals surface area contributed by atoms with Crippen LogP contribution in [0.25, 0.3) is 0 Å². The van der Waals surface area contributed by atoms with E-state index in [1.54, 1.807) is 14.2 Å². The van der Waals surface area contributed by atoms with Crippen molar-refractivity contribution in [2.24, 2.45) is 5.92 Å². The van der Waals surface area contributed by atoms with Gasteiger partial charge in [0, 0.05) is 45.3 Å². The van der Waals surface area contributed by atoms with Gasteiger partial charge in [0.15, 0.2) is 0 Å². The topological polar surface area (TPSA) is 70.7 Å². The van der Waals surface area contributed by atoms with Gasteiger partial charge in [-0.05, 0) is 37.0 Å². The molecule has 6 heteroatoms. The van der Waals surface area contributed by atoms with E-state index in [1.165, 1.54) is 0 Å². The molecule has 0 bridgehead atoms. The third-order valence-corrected chi connectivity index (χ3v) is 4.31. The number of carbonyl (C=O) groups excluding carboxylic acids is 2. The van der Waals surface area contributed by atoms with Crippen LogP contribution in [-0.4, -0.2) is 50.7 Å². The third kappa shape index (κ3) is 5.53. The lowest BCUT2D eigenvalue weighted by Gasteiger charge is -2.32. The molecule has 0 saturated carbocycles. The molecule has 1 unspecified atom stereocenters. The van der Waals surface area contributed by atoms with Crippen molar-refractivity contribution in [3.8, 4) is 0 Å². The van der Waals surface area contributed by atoms with E-state index < -0.39 is 0 Å². The molecule has 6 nitrogen and oxygen atoms in total. The van der Waals surface area contributed by atoms with E-state index in [0.717, 1.165) is 37.2 Å². The van der Waals surface area contributed by atoms with Crippen LogP contribution in [0, 0.1) is 5.92 Å². The van der Waals surface area contributed by atoms with Gasteiger partial charge in [0.1, 0.15) is 0 Å². The van der Waals surface area contributed by atoms with Crippen molar-refractivity contribution in [1.29, 1.82) is 0 Å². The number of rotatable bonds is 6. The van der Waals surface area contributed by atoms with Crippen molar-refractivity contribution in [3.63, 3.8) is 0 Å². The molecule has 1 atom stereocenters. The minimum atomic E-state index is -0.0701. The number of nitrogens with zero attached hydrogens (tertiary/aromatic N) is 1.